The first-order valence-electron chi connectivity index (χ1n) is 7.58. The van der Waals surface area contributed by atoms with Crippen molar-refractivity contribution in [1.29, 1.82) is 0 Å². The Kier molecular flexibility index (Phi) is 4.71. The van der Waals surface area contributed by atoms with Gasteiger partial charge in [-0.25, -0.2) is 4.98 Å². The van der Waals surface area contributed by atoms with E-state index < -0.39 is 0 Å². The number of nitrogens with zero attached hydrogens (tertiary/aromatic N) is 2. The summed E-state index contributed by atoms with van der Waals surface area (Å²) in [7, 11) is 1.55. The number of halogens is 1. The molecule has 3 aromatic rings. The molecular weight excluding hydrogens is 328 g/mol. The van der Waals surface area contributed by atoms with Gasteiger partial charge in [-0.05, 0) is 31.2 Å². The molecule has 0 radical (unpaired) electrons. The lowest BCUT2D eigenvalue weighted by atomic mass is 10.2. The molecule has 0 saturated heterocycles. The van der Waals surface area contributed by atoms with Crippen LogP contribution in [0.4, 0.5) is 0 Å². The fourth-order valence-electron chi connectivity index (χ4n) is 2.65. The van der Waals surface area contributed by atoms with E-state index >= 15 is 0 Å². The van der Waals surface area contributed by atoms with Crippen LogP contribution in [0.2, 0.25) is 0 Å². The summed E-state index contributed by atoms with van der Waals surface area (Å²) in [6.07, 6.45) is 0. The molecular formula is C18H17ClN2O3. The third-order valence-corrected chi connectivity index (χ3v) is 3.92. The molecule has 0 aliphatic rings. The maximum absolute atomic E-state index is 13.1. The van der Waals surface area contributed by atoms with Gasteiger partial charge in [-0.3, -0.25) is 9.36 Å². The van der Waals surface area contributed by atoms with Gasteiger partial charge in [0, 0.05) is 0 Å². The number of aromatic nitrogens is 2. The molecule has 0 saturated carbocycles. The quantitative estimate of drug-likeness (QED) is 0.664. The Balaban J connectivity index is 2.37. The first kappa shape index (κ1) is 16.3. The highest BCUT2D eigenvalue weighted by Crippen LogP contribution is 2.26. The van der Waals surface area contributed by atoms with Crippen molar-refractivity contribution in [1.82, 2.24) is 9.55 Å². The highest BCUT2D eigenvalue weighted by molar-refractivity contribution is 6.16. The fraction of sp³-hybridized carbons (Fsp3) is 0.222. The van der Waals surface area contributed by atoms with Crippen molar-refractivity contribution in [3.63, 3.8) is 0 Å². The average molecular weight is 345 g/mol. The first-order valence-corrected chi connectivity index (χ1v) is 8.11. The molecule has 24 heavy (non-hydrogen) atoms. The molecule has 0 atom stereocenters. The molecule has 1 aromatic heterocycles. The van der Waals surface area contributed by atoms with Crippen molar-refractivity contribution in [3.05, 3.63) is 58.6 Å². The van der Waals surface area contributed by atoms with Gasteiger partial charge < -0.3 is 9.47 Å². The fourth-order valence-corrected chi connectivity index (χ4v) is 2.83. The van der Waals surface area contributed by atoms with Crippen molar-refractivity contribution in [3.8, 4) is 17.2 Å². The summed E-state index contributed by atoms with van der Waals surface area (Å²) in [5, 5.41) is 0.467. The smallest absolute Gasteiger partial charge is 0.266 e. The average Bonchev–Trinajstić information content (AvgIpc) is 2.62. The van der Waals surface area contributed by atoms with E-state index in [4.69, 9.17) is 21.1 Å². The zero-order valence-corrected chi connectivity index (χ0v) is 14.2. The molecule has 0 bridgehead atoms. The monoisotopic (exact) mass is 344 g/mol. The summed E-state index contributed by atoms with van der Waals surface area (Å²) >= 11 is 6.08. The number of hydrogen-bond donors (Lipinski definition) is 0. The van der Waals surface area contributed by atoms with E-state index in [-0.39, 0.29) is 11.4 Å². The van der Waals surface area contributed by atoms with Crippen LogP contribution in [0.15, 0.2) is 47.3 Å². The lowest BCUT2D eigenvalue weighted by Crippen LogP contribution is -2.24. The lowest BCUT2D eigenvalue weighted by molar-refractivity contribution is 0.338. The van der Waals surface area contributed by atoms with Gasteiger partial charge in [0.1, 0.15) is 22.8 Å². The van der Waals surface area contributed by atoms with Gasteiger partial charge in [0.2, 0.25) is 0 Å². The number of para-hydroxylation sites is 3. The van der Waals surface area contributed by atoms with E-state index in [1.54, 1.807) is 25.3 Å². The molecule has 0 N–H and O–H groups in total. The van der Waals surface area contributed by atoms with Crippen molar-refractivity contribution in [2.24, 2.45) is 0 Å². The summed E-state index contributed by atoms with van der Waals surface area (Å²) in [4.78, 5) is 17.6. The van der Waals surface area contributed by atoms with Crippen LogP contribution in [-0.2, 0) is 5.88 Å². The number of ether oxygens (including phenoxy) is 2. The Morgan fingerprint density at radius 3 is 2.58 bits per heavy atom. The van der Waals surface area contributed by atoms with Gasteiger partial charge in [-0.15, -0.1) is 11.6 Å². The SMILES string of the molecule is CCOc1ccccc1-n1c(CCl)nc2c(OC)cccc2c1=O. The standard InChI is InChI=1S/C18H17ClN2O3/c1-3-24-14-9-5-4-8-13(14)21-16(11-19)20-17-12(18(21)22)7-6-10-15(17)23-2/h4-10H,3,11H2,1-2H3. The molecule has 0 spiro atoms. The Hall–Kier alpha value is -2.53. The molecule has 3 rings (SSSR count). The summed E-state index contributed by atoms with van der Waals surface area (Å²) in [5.41, 5.74) is 0.921. The maximum atomic E-state index is 13.1. The van der Waals surface area contributed by atoms with Crippen LogP contribution < -0.4 is 15.0 Å². The molecule has 0 fully saturated rings. The largest absolute Gasteiger partial charge is 0.494 e. The lowest BCUT2D eigenvalue weighted by Gasteiger charge is -2.16. The van der Waals surface area contributed by atoms with Crippen LogP contribution in [0.1, 0.15) is 12.7 Å². The summed E-state index contributed by atoms with van der Waals surface area (Å²) < 4.78 is 12.5. The van der Waals surface area contributed by atoms with E-state index in [1.807, 2.05) is 31.2 Å². The van der Waals surface area contributed by atoms with Crippen LogP contribution in [0, 0.1) is 0 Å². The Morgan fingerprint density at radius 1 is 1.12 bits per heavy atom. The van der Waals surface area contributed by atoms with Crippen molar-refractivity contribution in [2.45, 2.75) is 12.8 Å². The third-order valence-electron chi connectivity index (χ3n) is 3.68. The molecule has 0 unspecified atom stereocenters. The van der Waals surface area contributed by atoms with Crippen molar-refractivity contribution in [2.75, 3.05) is 13.7 Å². The molecule has 0 amide bonds. The van der Waals surface area contributed by atoms with Gasteiger partial charge in [0.05, 0.1) is 30.7 Å². The molecule has 124 valence electrons. The van der Waals surface area contributed by atoms with Crippen LogP contribution in [0.3, 0.4) is 0 Å². The number of alkyl halides is 1. The van der Waals surface area contributed by atoms with Gasteiger partial charge in [0.25, 0.3) is 5.56 Å². The van der Waals surface area contributed by atoms with Gasteiger partial charge >= 0.3 is 0 Å². The van der Waals surface area contributed by atoms with Crippen LogP contribution in [0.5, 0.6) is 11.5 Å². The zero-order valence-electron chi connectivity index (χ0n) is 13.5. The summed E-state index contributed by atoms with van der Waals surface area (Å²) in [6.45, 7) is 2.39. The molecule has 2 aromatic carbocycles. The minimum atomic E-state index is -0.207. The maximum Gasteiger partial charge on any atom is 0.266 e. The second kappa shape index (κ2) is 6.93. The van der Waals surface area contributed by atoms with Crippen LogP contribution >= 0.6 is 11.6 Å². The van der Waals surface area contributed by atoms with Gasteiger partial charge in [0.15, 0.2) is 0 Å². The van der Waals surface area contributed by atoms with Gasteiger partial charge in [-0.2, -0.15) is 0 Å². The van der Waals surface area contributed by atoms with Crippen molar-refractivity contribution < 1.29 is 9.47 Å². The molecule has 1 heterocycles. The molecule has 5 nitrogen and oxygen atoms in total. The molecule has 0 aliphatic carbocycles. The van der Waals surface area contributed by atoms with Crippen molar-refractivity contribution >= 4 is 22.5 Å². The van der Waals surface area contributed by atoms with E-state index in [2.05, 4.69) is 4.98 Å². The highest BCUT2D eigenvalue weighted by atomic mass is 35.5. The predicted octanol–water partition coefficient (Wildman–Crippen LogP) is 3.53. The number of benzene rings is 2. The van der Waals surface area contributed by atoms with E-state index in [9.17, 15) is 4.79 Å². The second-order valence-corrected chi connectivity index (χ2v) is 5.33. The molecule has 0 aliphatic heterocycles. The Labute approximate surface area is 144 Å². The first-order chi connectivity index (χ1) is 11.7. The number of hydrogen-bond acceptors (Lipinski definition) is 4. The summed E-state index contributed by atoms with van der Waals surface area (Å²) in [5.74, 6) is 1.67. The number of methoxy groups -OCH3 is 1. The van der Waals surface area contributed by atoms with Crippen LogP contribution in [-0.4, -0.2) is 23.3 Å². The number of rotatable bonds is 5. The minimum Gasteiger partial charge on any atom is -0.494 e. The Bertz CT molecular complexity index is 937. The minimum absolute atomic E-state index is 0.0870. The highest BCUT2D eigenvalue weighted by Gasteiger charge is 2.17. The normalized spacial score (nSPS) is 10.8. The summed E-state index contributed by atoms with van der Waals surface area (Å²) in [6, 6.07) is 12.6. The predicted molar refractivity (Wildman–Crippen MR) is 94.6 cm³/mol. The van der Waals surface area contributed by atoms with E-state index in [0.29, 0.717) is 40.5 Å². The zero-order chi connectivity index (χ0) is 17.1. The van der Waals surface area contributed by atoms with E-state index in [0.717, 1.165) is 0 Å². The molecule has 6 heteroatoms. The van der Waals surface area contributed by atoms with Gasteiger partial charge in [-0.1, -0.05) is 18.2 Å². The second-order valence-electron chi connectivity index (χ2n) is 5.06. The third kappa shape index (κ3) is 2.71. The topological polar surface area (TPSA) is 53.4 Å². The van der Waals surface area contributed by atoms with Crippen LogP contribution in [0.25, 0.3) is 16.6 Å². The number of fused-ring (bicyclic) bond motifs is 1. The van der Waals surface area contributed by atoms with E-state index in [1.165, 1.54) is 4.57 Å². The Morgan fingerprint density at radius 2 is 1.88 bits per heavy atom.